The monoisotopic (exact) mass is 223 g/mol. The zero-order chi connectivity index (χ0) is 12.0. The standard InChI is InChI=1S/C11H17N3O2/c1-11(2,3)16-14(9-15)13-8-10-4-6-12-7-5-10/h4-7,9,13H,8H2,1-3H3. The summed E-state index contributed by atoms with van der Waals surface area (Å²) in [6.07, 6.45) is 4.01. The average molecular weight is 223 g/mol. The minimum Gasteiger partial charge on any atom is -0.275 e. The van der Waals surface area contributed by atoms with Gasteiger partial charge in [-0.3, -0.25) is 9.78 Å². The van der Waals surface area contributed by atoms with Crippen LogP contribution in [0, 0.1) is 0 Å². The molecule has 5 nitrogen and oxygen atoms in total. The summed E-state index contributed by atoms with van der Waals surface area (Å²) in [5, 5.41) is 1.08. The number of nitrogens with one attached hydrogen (secondary N) is 1. The third kappa shape index (κ3) is 4.86. The molecule has 0 aliphatic heterocycles. The molecule has 1 aromatic rings. The number of hydrogen-bond donors (Lipinski definition) is 1. The Kier molecular flexibility index (Phi) is 4.39. The Balaban J connectivity index is 2.43. The van der Waals surface area contributed by atoms with Crippen LogP contribution < -0.4 is 5.43 Å². The molecule has 5 heteroatoms. The molecule has 0 unspecified atom stereocenters. The summed E-state index contributed by atoms with van der Waals surface area (Å²) < 4.78 is 0. The van der Waals surface area contributed by atoms with E-state index in [4.69, 9.17) is 4.84 Å². The van der Waals surface area contributed by atoms with Crippen LogP contribution in [0.25, 0.3) is 0 Å². The molecule has 0 spiro atoms. The number of carbonyl (C=O) groups is 1. The zero-order valence-electron chi connectivity index (χ0n) is 9.80. The predicted molar refractivity (Wildman–Crippen MR) is 59.8 cm³/mol. The maximum absolute atomic E-state index is 10.7. The Morgan fingerprint density at radius 1 is 1.44 bits per heavy atom. The highest BCUT2D eigenvalue weighted by Crippen LogP contribution is 2.07. The summed E-state index contributed by atoms with van der Waals surface area (Å²) in [6.45, 7) is 6.13. The van der Waals surface area contributed by atoms with Gasteiger partial charge in [0.2, 0.25) is 6.41 Å². The summed E-state index contributed by atoms with van der Waals surface area (Å²) in [4.78, 5) is 20.0. The largest absolute Gasteiger partial charge is 0.275 e. The van der Waals surface area contributed by atoms with Crippen molar-refractivity contribution >= 4 is 6.41 Å². The lowest BCUT2D eigenvalue weighted by atomic mass is 10.2. The lowest BCUT2D eigenvalue weighted by Gasteiger charge is -2.26. The topological polar surface area (TPSA) is 54.5 Å². The van der Waals surface area contributed by atoms with Crippen molar-refractivity contribution in [2.24, 2.45) is 0 Å². The SMILES string of the molecule is CC(C)(C)ON(C=O)NCc1ccncc1. The number of aromatic nitrogens is 1. The number of hydrogen-bond acceptors (Lipinski definition) is 4. The van der Waals surface area contributed by atoms with Gasteiger partial charge in [0.15, 0.2) is 0 Å². The van der Waals surface area contributed by atoms with Crippen LogP contribution in [0.3, 0.4) is 0 Å². The van der Waals surface area contributed by atoms with Crippen LogP contribution in [0.2, 0.25) is 0 Å². The van der Waals surface area contributed by atoms with Crippen LogP contribution in [-0.4, -0.2) is 22.2 Å². The van der Waals surface area contributed by atoms with E-state index in [0.29, 0.717) is 13.0 Å². The van der Waals surface area contributed by atoms with E-state index in [2.05, 4.69) is 10.4 Å². The number of rotatable bonds is 5. The van der Waals surface area contributed by atoms with Crippen LogP contribution in [0.4, 0.5) is 0 Å². The van der Waals surface area contributed by atoms with Crippen LogP contribution in [0.5, 0.6) is 0 Å². The highest BCUT2D eigenvalue weighted by atomic mass is 16.7. The van der Waals surface area contributed by atoms with Crippen molar-refractivity contribution in [2.75, 3.05) is 0 Å². The van der Waals surface area contributed by atoms with Gasteiger partial charge in [-0.2, -0.15) is 5.17 Å². The molecule has 16 heavy (non-hydrogen) atoms. The van der Waals surface area contributed by atoms with Crippen molar-refractivity contribution in [3.63, 3.8) is 0 Å². The summed E-state index contributed by atoms with van der Waals surface area (Å²) in [6, 6.07) is 3.74. The molecular formula is C11H17N3O2. The fourth-order valence-corrected chi connectivity index (χ4v) is 1.06. The number of carbonyl (C=O) groups excluding carboxylic acids is 1. The minimum absolute atomic E-state index is 0.411. The highest BCUT2D eigenvalue weighted by molar-refractivity contribution is 5.44. The summed E-state index contributed by atoms with van der Waals surface area (Å²) in [7, 11) is 0. The van der Waals surface area contributed by atoms with Gasteiger partial charge in [-0.15, -0.1) is 0 Å². The first-order valence-electron chi connectivity index (χ1n) is 5.07. The quantitative estimate of drug-likeness (QED) is 0.603. The van der Waals surface area contributed by atoms with Crippen molar-refractivity contribution in [3.05, 3.63) is 30.1 Å². The van der Waals surface area contributed by atoms with Crippen molar-refractivity contribution in [3.8, 4) is 0 Å². The molecule has 88 valence electrons. The van der Waals surface area contributed by atoms with Gasteiger partial charge in [0.25, 0.3) is 0 Å². The average Bonchev–Trinajstić information content (AvgIpc) is 2.24. The van der Waals surface area contributed by atoms with Gasteiger partial charge in [-0.25, -0.2) is 10.3 Å². The summed E-state index contributed by atoms with van der Waals surface area (Å²) in [5.74, 6) is 0. The second-order valence-electron chi connectivity index (χ2n) is 4.33. The van der Waals surface area contributed by atoms with Gasteiger partial charge in [-0.1, -0.05) is 0 Å². The highest BCUT2D eigenvalue weighted by Gasteiger charge is 2.15. The third-order valence-electron chi connectivity index (χ3n) is 1.66. The molecule has 1 amide bonds. The lowest BCUT2D eigenvalue weighted by Crippen LogP contribution is -2.42. The Hall–Kier alpha value is -1.46. The predicted octanol–water partition coefficient (Wildman–Crippen LogP) is 1.27. The molecule has 1 rings (SSSR count). The molecule has 1 N–H and O–H groups in total. The smallest absolute Gasteiger partial charge is 0.249 e. The zero-order valence-corrected chi connectivity index (χ0v) is 9.80. The van der Waals surface area contributed by atoms with Gasteiger partial charge >= 0.3 is 0 Å². The molecular weight excluding hydrogens is 206 g/mol. The van der Waals surface area contributed by atoms with Crippen LogP contribution >= 0.6 is 0 Å². The van der Waals surface area contributed by atoms with E-state index >= 15 is 0 Å². The van der Waals surface area contributed by atoms with Crippen LogP contribution in [0.15, 0.2) is 24.5 Å². The van der Waals surface area contributed by atoms with Crippen molar-refractivity contribution in [1.82, 2.24) is 15.6 Å². The van der Waals surface area contributed by atoms with Gasteiger partial charge in [-0.05, 0) is 38.5 Å². The number of pyridine rings is 1. The van der Waals surface area contributed by atoms with E-state index in [0.717, 1.165) is 10.7 Å². The molecule has 0 aliphatic carbocycles. The molecule has 0 fully saturated rings. The minimum atomic E-state index is -0.411. The second kappa shape index (κ2) is 5.58. The van der Waals surface area contributed by atoms with E-state index in [1.165, 1.54) is 0 Å². The Morgan fingerprint density at radius 3 is 2.56 bits per heavy atom. The van der Waals surface area contributed by atoms with Gasteiger partial charge < -0.3 is 0 Å². The van der Waals surface area contributed by atoms with Gasteiger partial charge in [0.1, 0.15) is 0 Å². The Bertz CT molecular complexity index is 322. The van der Waals surface area contributed by atoms with E-state index in [1.807, 2.05) is 32.9 Å². The lowest BCUT2D eigenvalue weighted by molar-refractivity contribution is -0.239. The number of hydroxylamine groups is 1. The fourth-order valence-electron chi connectivity index (χ4n) is 1.06. The van der Waals surface area contributed by atoms with Crippen LogP contribution in [0.1, 0.15) is 26.3 Å². The van der Waals surface area contributed by atoms with Gasteiger partial charge in [0, 0.05) is 18.9 Å². The molecule has 1 heterocycles. The number of amides is 1. The van der Waals surface area contributed by atoms with E-state index < -0.39 is 5.60 Å². The maximum atomic E-state index is 10.7. The normalized spacial score (nSPS) is 11.2. The molecule has 1 aromatic heterocycles. The molecule has 0 atom stereocenters. The number of hydrazine groups is 1. The molecule has 0 aromatic carbocycles. The molecule has 0 saturated heterocycles. The first-order chi connectivity index (χ1) is 7.51. The van der Waals surface area contributed by atoms with Gasteiger partial charge in [0.05, 0.1) is 5.60 Å². The first kappa shape index (κ1) is 12.6. The molecule has 0 radical (unpaired) electrons. The Morgan fingerprint density at radius 2 is 2.06 bits per heavy atom. The number of nitrogens with zero attached hydrogens (tertiary/aromatic N) is 2. The van der Waals surface area contributed by atoms with E-state index in [1.54, 1.807) is 12.4 Å². The van der Waals surface area contributed by atoms with Crippen molar-refractivity contribution in [1.29, 1.82) is 0 Å². The third-order valence-corrected chi connectivity index (χ3v) is 1.66. The van der Waals surface area contributed by atoms with Crippen molar-refractivity contribution in [2.45, 2.75) is 32.9 Å². The summed E-state index contributed by atoms with van der Waals surface area (Å²) >= 11 is 0. The summed E-state index contributed by atoms with van der Waals surface area (Å²) in [5.41, 5.74) is 3.47. The molecule has 0 bridgehead atoms. The van der Waals surface area contributed by atoms with Crippen LogP contribution in [-0.2, 0) is 16.2 Å². The fraction of sp³-hybridized carbons (Fsp3) is 0.455. The van der Waals surface area contributed by atoms with Crippen molar-refractivity contribution < 1.29 is 9.63 Å². The first-order valence-corrected chi connectivity index (χ1v) is 5.07. The molecule has 0 saturated carbocycles. The molecule has 0 aliphatic rings. The second-order valence-corrected chi connectivity index (χ2v) is 4.33. The van der Waals surface area contributed by atoms with E-state index in [9.17, 15) is 4.79 Å². The van der Waals surface area contributed by atoms with E-state index in [-0.39, 0.29) is 0 Å². The maximum Gasteiger partial charge on any atom is 0.249 e. The Labute approximate surface area is 95.3 Å².